The van der Waals surface area contributed by atoms with Crippen molar-refractivity contribution in [2.75, 3.05) is 5.73 Å². The third-order valence-electron chi connectivity index (χ3n) is 2.93. The van der Waals surface area contributed by atoms with E-state index >= 15 is 0 Å². The maximum atomic E-state index is 6.14. The molecule has 0 bridgehead atoms. The number of hydrogen-bond donors (Lipinski definition) is 1. The second kappa shape index (κ2) is 4.90. The quantitative estimate of drug-likeness (QED) is 0.869. The summed E-state index contributed by atoms with van der Waals surface area (Å²) < 4.78 is 7.35. The van der Waals surface area contributed by atoms with Crippen molar-refractivity contribution >= 4 is 17.3 Å². The van der Waals surface area contributed by atoms with Gasteiger partial charge in [-0.05, 0) is 25.5 Å². The molecule has 0 unspecified atom stereocenters. The lowest BCUT2D eigenvalue weighted by atomic mass is 10.2. The molecule has 0 spiro atoms. The molecule has 0 atom stereocenters. The highest BCUT2D eigenvalue weighted by molar-refractivity contribution is 6.30. The second-order valence-corrected chi connectivity index (χ2v) is 4.61. The molecule has 2 N–H and O–H groups in total. The predicted octanol–water partition coefficient (Wildman–Crippen LogP) is 2.85. The number of anilines is 1. The molecule has 5 heteroatoms. The SMILES string of the molecule is Cc1cccc(OCc2c(C)nn(C)c2Cl)c1N. The summed E-state index contributed by atoms with van der Waals surface area (Å²) in [7, 11) is 1.81. The zero-order chi connectivity index (χ0) is 13.3. The first-order chi connectivity index (χ1) is 8.50. The first-order valence-electron chi connectivity index (χ1n) is 5.66. The number of aryl methyl sites for hydroxylation is 3. The van der Waals surface area contributed by atoms with Crippen molar-refractivity contribution in [2.24, 2.45) is 7.05 Å². The van der Waals surface area contributed by atoms with Gasteiger partial charge in [0.1, 0.15) is 17.5 Å². The van der Waals surface area contributed by atoms with Crippen LogP contribution >= 0.6 is 11.6 Å². The number of nitrogens with two attached hydrogens (primary N) is 1. The summed E-state index contributed by atoms with van der Waals surface area (Å²) in [5.74, 6) is 0.675. The van der Waals surface area contributed by atoms with Gasteiger partial charge in [-0.1, -0.05) is 23.7 Å². The van der Waals surface area contributed by atoms with Gasteiger partial charge in [-0.3, -0.25) is 4.68 Å². The smallest absolute Gasteiger partial charge is 0.142 e. The number of benzene rings is 1. The Morgan fingerprint density at radius 3 is 2.72 bits per heavy atom. The molecule has 4 nitrogen and oxygen atoms in total. The third kappa shape index (κ3) is 2.29. The van der Waals surface area contributed by atoms with Gasteiger partial charge >= 0.3 is 0 Å². The van der Waals surface area contributed by atoms with Gasteiger partial charge in [0.05, 0.1) is 11.4 Å². The fourth-order valence-electron chi connectivity index (χ4n) is 1.77. The minimum Gasteiger partial charge on any atom is -0.487 e. The number of para-hydroxylation sites is 1. The molecule has 0 amide bonds. The number of aromatic nitrogens is 2. The largest absolute Gasteiger partial charge is 0.487 e. The van der Waals surface area contributed by atoms with E-state index < -0.39 is 0 Å². The summed E-state index contributed by atoms with van der Waals surface area (Å²) in [6.07, 6.45) is 0. The van der Waals surface area contributed by atoms with Crippen molar-refractivity contribution in [2.45, 2.75) is 20.5 Å². The summed E-state index contributed by atoms with van der Waals surface area (Å²) in [6.45, 7) is 4.22. The van der Waals surface area contributed by atoms with Crippen molar-refractivity contribution in [1.29, 1.82) is 0 Å². The van der Waals surface area contributed by atoms with Crippen LogP contribution in [0.25, 0.3) is 0 Å². The van der Waals surface area contributed by atoms with Crippen LogP contribution in [0.4, 0.5) is 5.69 Å². The van der Waals surface area contributed by atoms with Gasteiger partial charge in [0.25, 0.3) is 0 Å². The maximum Gasteiger partial charge on any atom is 0.142 e. The van der Waals surface area contributed by atoms with E-state index in [4.69, 9.17) is 22.1 Å². The molecule has 1 aromatic carbocycles. The average molecular weight is 266 g/mol. The molecule has 1 aromatic heterocycles. The number of ether oxygens (including phenoxy) is 1. The molecule has 2 aromatic rings. The zero-order valence-corrected chi connectivity index (χ0v) is 11.5. The maximum absolute atomic E-state index is 6.14. The number of nitrogen functional groups attached to an aromatic ring is 1. The zero-order valence-electron chi connectivity index (χ0n) is 10.7. The highest BCUT2D eigenvalue weighted by Crippen LogP contribution is 2.27. The van der Waals surface area contributed by atoms with Crippen LogP contribution < -0.4 is 10.5 Å². The Morgan fingerprint density at radius 2 is 2.11 bits per heavy atom. The van der Waals surface area contributed by atoms with Gasteiger partial charge in [-0.25, -0.2) is 0 Å². The first kappa shape index (κ1) is 12.8. The predicted molar refractivity (Wildman–Crippen MR) is 72.9 cm³/mol. The van der Waals surface area contributed by atoms with E-state index in [9.17, 15) is 0 Å². The fourth-order valence-corrected chi connectivity index (χ4v) is 2.00. The number of rotatable bonds is 3. The number of hydrogen-bond acceptors (Lipinski definition) is 3. The van der Waals surface area contributed by atoms with Gasteiger partial charge < -0.3 is 10.5 Å². The summed E-state index contributed by atoms with van der Waals surface area (Å²) in [5, 5.41) is 4.83. The van der Waals surface area contributed by atoms with E-state index in [0.29, 0.717) is 23.2 Å². The van der Waals surface area contributed by atoms with Gasteiger partial charge in [-0.2, -0.15) is 5.10 Å². The molecule has 0 aliphatic heterocycles. The van der Waals surface area contributed by atoms with Crippen molar-refractivity contribution in [3.63, 3.8) is 0 Å². The lowest BCUT2D eigenvalue weighted by Crippen LogP contribution is -2.01. The van der Waals surface area contributed by atoms with Crippen LogP contribution in [-0.2, 0) is 13.7 Å². The molecule has 0 radical (unpaired) electrons. The normalized spacial score (nSPS) is 10.7. The molecule has 0 saturated carbocycles. The van der Waals surface area contributed by atoms with Crippen molar-refractivity contribution in [3.05, 3.63) is 40.2 Å². The summed E-state index contributed by atoms with van der Waals surface area (Å²) in [4.78, 5) is 0. The average Bonchev–Trinajstić information content (AvgIpc) is 2.56. The lowest BCUT2D eigenvalue weighted by molar-refractivity contribution is 0.307. The standard InChI is InChI=1S/C13H16ClN3O/c1-8-5-4-6-11(12(8)15)18-7-10-9(2)16-17(3)13(10)14/h4-6H,7,15H2,1-3H3. The lowest BCUT2D eigenvalue weighted by Gasteiger charge is -2.10. The Labute approximate surface area is 111 Å². The Bertz CT molecular complexity index is 578. The van der Waals surface area contributed by atoms with E-state index in [1.54, 1.807) is 11.7 Å². The van der Waals surface area contributed by atoms with Gasteiger partial charge in [-0.15, -0.1) is 0 Å². The minimum atomic E-state index is 0.367. The summed E-state index contributed by atoms with van der Waals surface area (Å²) in [5.41, 5.74) is 9.37. The van der Waals surface area contributed by atoms with Crippen LogP contribution in [0.5, 0.6) is 5.75 Å². The van der Waals surface area contributed by atoms with E-state index in [1.165, 1.54) is 0 Å². The topological polar surface area (TPSA) is 53.1 Å². The fraction of sp³-hybridized carbons (Fsp3) is 0.308. The van der Waals surface area contributed by atoms with Crippen molar-refractivity contribution < 1.29 is 4.74 Å². The van der Waals surface area contributed by atoms with Crippen LogP contribution in [0.3, 0.4) is 0 Å². The van der Waals surface area contributed by atoms with E-state index in [0.717, 1.165) is 16.8 Å². The van der Waals surface area contributed by atoms with Crippen LogP contribution in [-0.4, -0.2) is 9.78 Å². The van der Waals surface area contributed by atoms with E-state index in [2.05, 4.69) is 5.10 Å². The molecule has 0 aliphatic carbocycles. The Kier molecular flexibility index (Phi) is 3.48. The first-order valence-corrected chi connectivity index (χ1v) is 6.04. The summed E-state index contributed by atoms with van der Waals surface area (Å²) >= 11 is 6.14. The summed E-state index contributed by atoms with van der Waals surface area (Å²) in [6, 6.07) is 5.71. The Hall–Kier alpha value is -1.68. The molecule has 18 heavy (non-hydrogen) atoms. The highest BCUT2D eigenvalue weighted by atomic mass is 35.5. The monoisotopic (exact) mass is 265 g/mol. The molecule has 96 valence electrons. The molecular weight excluding hydrogens is 250 g/mol. The highest BCUT2D eigenvalue weighted by Gasteiger charge is 2.12. The molecule has 2 rings (SSSR count). The molecular formula is C13H16ClN3O. The van der Waals surface area contributed by atoms with Gasteiger partial charge in [0, 0.05) is 12.6 Å². The van der Waals surface area contributed by atoms with Crippen LogP contribution in [0.1, 0.15) is 16.8 Å². The van der Waals surface area contributed by atoms with Crippen molar-refractivity contribution in [3.8, 4) is 5.75 Å². The molecule has 0 saturated heterocycles. The van der Waals surface area contributed by atoms with E-state index in [1.807, 2.05) is 32.0 Å². The molecule has 0 fully saturated rings. The minimum absolute atomic E-state index is 0.367. The van der Waals surface area contributed by atoms with Crippen LogP contribution in [0.15, 0.2) is 18.2 Å². The Balaban J connectivity index is 2.19. The van der Waals surface area contributed by atoms with Gasteiger partial charge in [0.15, 0.2) is 0 Å². The molecule has 1 heterocycles. The van der Waals surface area contributed by atoms with E-state index in [-0.39, 0.29) is 0 Å². The van der Waals surface area contributed by atoms with Crippen molar-refractivity contribution in [1.82, 2.24) is 9.78 Å². The second-order valence-electron chi connectivity index (χ2n) is 4.25. The van der Waals surface area contributed by atoms with Crippen LogP contribution in [0, 0.1) is 13.8 Å². The molecule has 0 aliphatic rings. The van der Waals surface area contributed by atoms with Crippen LogP contribution in [0.2, 0.25) is 5.15 Å². The third-order valence-corrected chi connectivity index (χ3v) is 3.40. The number of nitrogens with zero attached hydrogens (tertiary/aromatic N) is 2. The van der Waals surface area contributed by atoms with Gasteiger partial charge in [0.2, 0.25) is 0 Å². The Morgan fingerprint density at radius 1 is 1.39 bits per heavy atom. The number of halogens is 1.